The van der Waals surface area contributed by atoms with Gasteiger partial charge in [-0.2, -0.15) is 0 Å². The molecule has 1 aliphatic carbocycles. The second kappa shape index (κ2) is 7.21. The highest BCUT2D eigenvalue weighted by Gasteiger charge is 2.46. The van der Waals surface area contributed by atoms with Gasteiger partial charge in [0.1, 0.15) is 5.75 Å². The number of hydrogen-bond donors (Lipinski definition) is 1. The van der Waals surface area contributed by atoms with Gasteiger partial charge < -0.3 is 19.7 Å². The summed E-state index contributed by atoms with van der Waals surface area (Å²) in [6, 6.07) is 7.55. The van der Waals surface area contributed by atoms with Gasteiger partial charge in [-0.05, 0) is 18.9 Å². The van der Waals surface area contributed by atoms with Crippen molar-refractivity contribution in [1.82, 2.24) is 10.2 Å². The molecular formula is C18H24N2O4. The minimum atomic E-state index is -0.397. The van der Waals surface area contributed by atoms with Gasteiger partial charge in [-0.25, -0.2) is 0 Å². The van der Waals surface area contributed by atoms with Crippen LogP contribution in [0.25, 0.3) is 0 Å². The first-order valence-corrected chi connectivity index (χ1v) is 8.37. The minimum Gasteiger partial charge on any atom is -0.496 e. The predicted molar refractivity (Wildman–Crippen MR) is 88.6 cm³/mol. The number of amides is 2. The zero-order chi connectivity index (χ0) is 17.1. The van der Waals surface area contributed by atoms with E-state index < -0.39 is 5.92 Å². The summed E-state index contributed by atoms with van der Waals surface area (Å²) in [5, 5.41) is 3.04. The molecule has 24 heavy (non-hydrogen) atoms. The third-order valence-corrected chi connectivity index (χ3v) is 4.69. The number of benzene rings is 1. The van der Waals surface area contributed by atoms with E-state index in [-0.39, 0.29) is 30.3 Å². The van der Waals surface area contributed by atoms with Gasteiger partial charge in [-0.3, -0.25) is 9.59 Å². The van der Waals surface area contributed by atoms with Crippen LogP contribution in [0.4, 0.5) is 0 Å². The van der Waals surface area contributed by atoms with Crippen LogP contribution in [-0.2, 0) is 14.3 Å². The highest BCUT2D eigenvalue weighted by Crippen LogP contribution is 2.42. The number of para-hydroxylation sites is 1. The standard InChI is InChI=1S/C18H24N2O4/c1-23-10-9-20-16(21)11-14(18(22)19-12-7-8-12)17(20)13-5-3-4-6-15(13)24-2/h3-6,12,14,17H,7-11H2,1-2H3,(H,19,22)/t14-,17+/m1/s1. The van der Waals surface area contributed by atoms with E-state index in [1.54, 1.807) is 19.1 Å². The average molecular weight is 332 g/mol. The van der Waals surface area contributed by atoms with E-state index in [0.717, 1.165) is 18.4 Å². The normalized spacial score (nSPS) is 23.4. The third-order valence-electron chi connectivity index (χ3n) is 4.69. The summed E-state index contributed by atoms with van der Waals surface area (Å²) < 4.78 is 10.6. The van der Waals surface area contributed by atoms with Crippen LogP contribution in [0.2, 0.25) is 0 Å². The van der Waals surface area contributed by atoms with Crippen molar-refractivity contribution in [3.8, 4) is 5.75 Å². The van der Waals surface area contributed by atoms with Gasteiger partial charge in [-0.1, -0.05) is 18.2 Å². The Morgan fingerprint density at radius 2 is 2.04 bits per heavy atom. The molecule has 0 radical (unpaired) electrons. The molecule has 1 aromatic carbocycles. The Hall–Kier alpha value is -2.08. The van der Waals surface area contributed by atoms with E-state index in [1.165, 1.54) is 0 Å². The van der Waals surface area contributed by atoms with E-state index in [1.807, 2.05) is 24.3 Å². The summed E-state index contributed by atoms with van der Waals surface area (Å²) in [5.41, 5.74) is 0.873. The lowest BCUT2D eigenvalue weighted by Gasteiger charge is -2.29. The predicted octanol–water partition coefficient (Wildman–Crippen LogP) is 1.51. The fraction of sp³-hybridized carbons (Fsp3) is 0.556. The lowest BCUT2D eigenvalue weighted by Crippen LogP contribution is -2.37. The summed E-state index contributed by atoms with van der Waals surface area (Å²) in [7, 11) is 3.21. The molecule has 6 heteroatoms. The van der Waals surface area contributed by atoms with Gasteiger partial charge in [0.25, 0.3) is 0 Å². The van der Waals surface area contributed by atoms with Gasteiger partial charge in [0.15, 0.2) is 0 Å². The van der Waals surface area contributed by atoms with Gasteiger partial charge >= 0.3 is 0 Å². The lowest BCUT2D eigenvalue weighted by molar-refractivity contribution is -0.129. The Labute approximate surface area is 142 Å². The summed E-state index contributed by atoms with van der Waals surface area (Å²) in [6.45, 7) is 0.902. The van der Waals surface area contributed by atoms with Crippen LogP contribution in [0.5, 0.6) is 5.75 Å². The van der Waals surface area contributed by atoms with Crippen molar-refractivity contribution in [3.63, 3.8) is 0 Å². The Morgan fingerprint density at radius 1 is 1.29 bits per heavy atom. The van der Waals surface area contributed by atoms with E-state index in [4.69, 9.17) is 9.47 Å². The van der Waals surface area contributed by atoms with Crippen LogP contribution in [0, 0.1) is 5.92 Å². The fourth-order valence-corrected chi connectivity index (χ4v) is 3.31. The molecule has 2 atom stereocenters. The molecular weight excluding hydrogens is 308 g/mol. The van der Waals surface area contributed by atoms with Crippen molar-refractivity contribution in [2.75, 3.05) is 27.4 Å². The van der Waals surface area contributed by atoms with Crippen molar-refractivity contribution in [1.29, 1.82) is 0 Å². The van der Waals surface area contributed by atoms with E-state index >= 15 is 0 Å². The topological polar surface area (TPSA) is 67.9 Å². The number of methoxy groups -OCH3 is 2. The molecule has 2 fully saturated rings. The van der Waals surface area contributed by atoms with Crippen LogP contribution >= 0.6 is 0 Å². The largest absolute Gasteiger partial charge is 0.496 e. The minimum absolute atomic E-state index is 0.0149. The maximum absolute atomic E-state index is 12.7. The summed E-state index contributed by atoms with van der Waals surface area (Å²) in [4.78, 5) is 27.0. The van der Waals surface area contributed by atoms with Crippen LogP contribution in [0.15, 0.2) is 24.3 Å². The number of nitrogens with zero attached hydrogens (tertiary/aromatic N) is 1. The number of carbonyl (C=O) groups excluding carboxylic acids is 2. The molecule has 1 aliphatic heterocycles. The molecule has 6 nitrogen and oxygen atoms in total. The quantitative estimate of drug-likeness (QED) is 0.822. The van der Waals surface area contributed by atoms with Crippen molar-refractivity contribution in [2.24, 2.45) is 5.92 Å². The van der Waals surface area contributed by atoms with Gasteiger partial charge in [0.2, 0.25) is 11.8 Å². The maximum Gasteiger partial charge on any atom is 0.226 e. The smallest absolute Gasteiger partial charge is 0.226 e. The van der Waals surface area contributed by atoms with Crippen molar-refractivity contribution >= 4 is 11.8 Å². The number of likely N-dealkylation sites (tertiary alicyclic amines) is 1. The molecule has 2 amide bonds. The Balaban J connectivity index is 1.91. The summed E-state index contributed by atoms with van der Waals surface area (Å²) >= 11 is 0. The number of rotatable bonds is 7. The number of nitrogens with one attached hydrogen (secondary N) is 1. The molecule has 0 bridgehead atoms. The number of ether oxygens (including phenoxy) is 2. The highest BCUT2D eigenvalue weighted by atomic mass is 16.5. The number of carbonyl (C=O) groups is 2. The highest BCUT2D eigenvalue weighted by molar-refractivity contribution is 5.90. The molecule has 0 spiro atoms. The Kier molecular flexibility index (Phi) is 5.04. The van der Waals surface area contributed by atoms with E-state index in [9.17, 15) is 9.59 Å². The van der Waals surface area contributed by atoms with Gasteiger partial charge in [-0.15, -0.1) is 0 Å². The Morgan fingerprint density at radius 3 is 2.71 bits per heavy atom. The van der Waals surface area contributed by atoms with Crippen LogP contribution < -0.4 is 10.1 Å². The number of hydrogen-bond acceptors (Lipinski definition) is 4. The molecule has 130 valence electrons. The van der Waals surface area contributed by atoms with E-state index in [2.05, 4.69) is 5.32 Å². The molecule has 0 aromatic heterocycles. The molecule has 2 aliphatic rings. The lowest BCUT2D eigenvalue weighted by atomic mass is 9.92. The Bertz CT molecular complexity index is 615. The molecule has 1 saturated heterocycles. The first-order valence-electron chi connectivity index (χ1n) is 8.37. The summed E-state index contributed by atoms with van der Waals surface area (Å²) in [6.07, 6.45) is 2.28. The molecule has 1 aromatic rings. The van der Waals surface area contributed by atoms with Crippen molar-refractivity contribution in [2.45, 2.75) is 31.3 Å². The zero-order valence-corrected chi connectivity index (χ0v) is 14.2. The van der Waals surface area contributed by atoms with Crippen molar-refractivity contribution in [3.05, 3.63) is 29.8 Å². The van der Waals surface area contributed by atoms with Gasteiger partial charge in [0.05, 0.1) is 25.7 Å². The first-order chi connectivity index (χ1) is 11.7. The molecule has 1 N–H and O–H groups in total. The third kappa shape index (κ3) is 3.38. The first kappa shape index (κ1) is 16.8. The molecule has 1 saturated carbocycles. The SMILES string of the molecule is COCCN1C(=O)C[C@@H](C(=O)NC2CC2)[C@@H]1c1ccccc1OC. The summed E-state index contributed by atoms with van der Waals surface area (Å²) in [5.74, 6) is 0.246. The zero-order valence-electron chi connectivity index (χ0n) is 14.2. The fourth-order valence-electron chi connectivity index (χ4n) is 3.31. The molecule has 1 heterocycles. The second-order valence-corrected chi connectivity index (χ2v) is 6.36. The monoisotopic (exact) mass is 332 g/mol. The van der Waals surface area contributed by atoms with Crippen LogP contribution in [0.1, 0.15) is 30.9 Å². The maximum atomic E-state index is 12.7. The second-order valence-electron chi connectivity index (χ2n) is 6.36. The van der Waals surface area contributed by atoms with Crippen LogP contribution in [0.3, 0.4) is 0 Å². The van der Waals surface area contributed by atoms with Crippen molar-refractivity contribution < 1.29 is 19.1 Å². The molecule has 3 rings (SSSR count). The average Bonchev–Trinajstić information content (AvgIpc) is 3.34. The molecule has 0 unspecified atom stereocenters. The van der Waals surface area contributed by atoms with Gasteiger partial charge in [0, 0.05) is 31.7 Å². The van der Waals surface area contributed by atoms with E-state index in [0.29, 0.717) is 18.9 Å². The van der Waals surface area contributed by atoms with Crippen LogP contribution in [-0.4, -0.2) is 50.1 Å².